The molecule has 1 heterocycles. The normalized spacial score (nSPS) is 10.4. The number of hydrogen-bond acceptors (Lipinski definition) is 2. The maximum absolute atomic E-state index is 7.72. The van der Waals surface area contributed by atoms with Gasteiger partial charge in [0.2, 0.25) is 0 Å². The topological polar surface area (TPSA) is 28.8 Å². The second kappa shape index (κ2) is 3.80. The Balaban J connectivity index is 2.28. The highest BCUT2D eigenvalue weighted by molar-refractivity contribution is 7.09. The molecule has 3 heteroatoms. The molecule has 1 aromatic heterocycles. The van der Waals surface area contributed by atoms with Gasteiger partial charge in [0, 0.05) is 17.6 Å². The number of benzene rings is 1. The first-order valence-corrected chi connectivity index (χ1v) is 5.33. The van der Waals surface area contributed by atoms with Gasteiger partial charge in [-0.3, -0.25) is 5.41 Å². The lowest BCUT2D eigenvalue weighted by Gasteiger charge is -2.01. The van der Waals surface area contributed by atoms with Crippen LogP contribution < -0.4 is 4.80 Å². The number of hydrogen-bond donors (Lipinski definition) is 1. The molecule has 0 saturated heterocycles. The fourth-order valence-electron chi connectivity index (χ4n) is 1.41. The van der Waals surface area contributed by atoms with E-state index in [9.17, 15) is 0 Å². The number of rotatable bonds is 2. The fourth-order valence-corrected chi connectivity index (χ4v) is 2.13. The van der Waals surface area contributed by atoms with Crippen molar-refractivity contribution in [3.8, 4) is 0 Å². The van der Waals surface area contributed by atoms with Gasteiger partial charge < -0.3 is 4.57 Å². The summed E-state index contributed by atoms with van der Waals surface area (Å²) in [4.78, 5) is 1.80. The maximum atomic E-state index is 7.72. The first-order chi connectivity index (χ1) is 6.75. The molecular weight excluding hydrogens is 192 g/mol. The van der Waals surface area contributed by atoms with E-state index in [2.05, 4.69) is 12.1 Å². The Hall–Kier alpha value is -1.35. The Labute approximate surface area is 87.0 Å². The van der Waals surface area contributed by atoms with E-state index < -0.39 is 0 Å². The first-order valence-electron chi connectivity index (χ1n) is 4.51. The van der Waals surface area contributed by atoms with Crippen LogP contribution in [0.25, 0.3) is 0 Å². The van der Waals surface area contributed by atoms with Gasteiger partial charge in [-0.2, -0.15) is 0 Å². The smallest absolute Gasteiger partial charge is 0.182 e. The van der Waals surface area contributed by atoms with Gasteiger partial charge in [-0.15, -0.1) is 11.3 Å². The predicted octanol–water partition coefficient (Wildman–Crippen LogP) is 2.39. The Bertz CT molecular complexity index is 468. The van der Waals surface area contributed by atoms with E-state index in [1.165, 1.54) is 21.8 Å². The molecule has 1 aromatic carbocycles. The van der Waals surface area contributed by atoms with Crippen LogP contribution in [0.4, 0.5) is 0 Å². The lowest BCUT2D eigenvalue weighted by Crippen LogP contribution is -2.12. The van der Waals surface area contributed by atoms with Crippen LogP contribution in [0, 0.1) is 12.3 Å². The average Bonchev–Trinajstić information content (AvgIpc) is 2.47. The van der Waals surface area contributed by atoms with Gasteiger partial charge in [0.1, 0.15) is 0 Å². The van der Waals surface area contributed by atoms with Crippen LogP contribution in [-0.4, -0.2) is 4.57 Å². The monoisotopic (exact) mass is 204 g/mol. The van der Waals surface area contributed by atoms with E-state index in [-0.39, 0.29) is 0 Å². The SMILES string of the molecule is Cc1cn(Cc2ccccc2)c(=N)s1. The van der Waals surface area contributed by atoms with Gasteiger partial charge >= 0.3 is 0 Å². The molecule has 0 unspecified atom stereocenters. The third-order valence-electron chi connectivity index (χ3n) is 2.05. The molecular formula is C11H12N2S. The van der Waals surface area contributed by atoms with Crippen molar-refractivity contribution < 1.29 is 0 Å². The zero-order chi connectivity index (χ0) is 9.97. The summed E-state index contributed by atoms with van der Waals surface area (Å²) in [5.74, 6) is 0. The molecule has 72 valence electrons. The van der Waals surface area contributed by atoms with Crippen molar-refractivity contribution >= 4 is 11.3 Å². The van der Waals surface area contributed by atoms with E-state index in [1.807, 2.05) is 35.9 Å². The summed E-state index contributed by atoms with van der Waals surface area (Å²) in [7, 11) is 0. The van der Waals surface area contributed by atoms with Crippen LogP contribution in [0.15, 0.2) is 36.5 Å². The van der Waals surface area contributed by atoms with Crippen LogP contribution in [0.2, 0.25) is 0 Å². The summed E-state index contributed by atoms with van der Waals surface area (Å²) in [6, 6.07) is 10.2. The number of aromatic nitrogens is 1. The molecule has 2 nitrogen and oxygen atoms in total. The van der Waals surface area contributed by atoms with Gasteiger partial charge in [-0.1, -0.05) is 30.3 Å². The van der Waals surface area contributed by atoms with Crippen molar-refractivity contribution in [2.75, 3.05) is 0 Å². The molecule has 0 saturated carbocycles. The number of aryl methyl sites for hydroxylation is 1. The zero-order valence-electron chi connectivity index (χ0n) is 8.03. The summed E-state index contributed by atoms with van der Waals surface area (Å²) in [6.45, 7) is 2.83. The molecule has 0 spiro atoms. The van der Waals surface area contributed by atoms with E-state index >= 15 is 0 Å². The zero-order valence-corrected chi connectivity index (χ0v) is 8.84. The standard InChI is InChI=1S/C11H12N2S/c1-9-7-13(11(12)14-9)8-10-5-3-2-4-6-10/h2-7,12H,8H2,1H3. The summed E-state index contributed by atoms with van der Waals surface area (Å²) < 4.78 is 1.97. The van der Waals surface area contributed by atoms with Crippen molar-refractivity contribution in [1.29, 1.82) is 5.41 Å². The highest BCUT2D eigenvalue weighted by Gasteiger charge is 1.98. The lowest BCUT2D eigenvalue weighted by molar-refractivity contribution is 0.757. The maximum Gasteiger partial charge on any atom is 0.182 e. The number of nitrogens with one attached hydrogen (secondary N) is 1. The quantitative estimate of drug-likeness (QED) is 0.778. The fraction of sp³-hybridized carbons (Fsp3) is 0.182. The average molecular weight is 204 g/mol. The van der Waals surface area contributed by atoms with Crippen LogP contribution in [0.5, 0.6) is 0 Å². The Morgan fingerprint density at radius 3 is 2.57 bits per heavy atom. The van der Waals surface area contributed by atoms with Crippen LogP contribution >= 0.6 is 11.3 Å². The van der Waals surface area contributed by atoms with Gasteiger partial charge in [-0.05, 0) is 12.5 Å². The molecule has 14 heavy (non-hydrogen) atoms. The summed E-state index contributed by atoms with van der Waals surface area (Å²) in [5.41, 5.74) is 1.24. The Morgan fingerprint density at radius 1 is 1.29 bits per heavy atom. The highest BCUT2D eigenvalue weighted by Crippen LogP contribution is 2.04. The lowest BCUT2D eigenvalue weighted by atomic mass is 10.2. The minimum Gasteiger partial charge on any atom is -0.319 e. The Morgan fingerprint density at radius 2 is 2.00 bits per heavy atom. The van der Waals surface area contributed by atoms with Gasteiger partial charge in [0.15, 0.2) is 4.80 Å². The van der Waals surface area contributed by atoms with Gasteiger partial charge in [0.05, 0.1) is 0 Å². The molecule has 0 aliphatic heterocycles. The van der Waals surface area contributed by atoms with Crippen molar-refractivity contribution in [2.24, 2.45) is 0 Å². The van der Waals surface area contributed by atoms with Crippen LogP contribution in [-0.2, 0) is 6.54 Å². The van der Waals surface area contributed by atoms with Crippen molar-refractivity contribution in [3.63, 3.8) is 0 Å². The summed E-state index contributed by atoms with van der Waals surface area (Å²) >= 11 is 1.52. The highest BCUT2D eigenvalue weighted by atomic mass is 32.1. The Kier molecular flexibility index (Phi) is 2.50. The molecule has 1 N–H and O–H groups in total. The molecule has 0 radical (unpaired) electrons. The third-order valence-corrected chi connectivity index (χ3v) is 2.91. The molecule has 0 atom stereocenters. The third kappa shape index (κ3) is 1.93. The second-order valence-electron chi connectivity index (χ2n) is 3.26. The van der Waals surface area contributed by atoms with Crippen molar-refractivity contribution in [1.82, 2.24) is 4.57 Å². The minimum absolute atomic E-state index is 0.617. The van der Waals surface area contributed by atoms with Crippen molar-refractivity contribution in [3.05, 3.63) is 51.8 Å². The van der Waals surface area contributed by atoms with Gasteiger partial charge in [-0.25, -0.2) is 0 Å². The molecule has 0 aliphatic rings. The van der Waals surface area contributed by atoms with Crippen molar-refractivity contribution in [2.45, 2.75) is 13.5 Å². The minimum atomic E-state index is 0.617. The van der Waals surface area contributed by atoms with E-state index in [4.69, 9.17) is 5.41 Å². The molecule has 0 fully saturated rings. The predicted molar refractivity (Wildman–Crippen MR) is 58.4 cm³/mol. The number of thiazole rings is 1. The van der Waals surface area contributed by atoms with E-state index in [1.54, 1.807) is 0 Å². The van der Waals surface area contributed by atoms with E-state index in [0.717, 1.165) is 6.54 Å². The van der Waals surface area contributed by atoms with E-state index in [0.29, 0.717) is 4.80 Å². The molecule has 0 amide bonds. The molecule has 0 aliphatic carbocycles. The van der Waals surface area contributed by atoms with Crippen LogP contribution in [0.1, 0.15) is 10.4 Å². The molecule has 0 bridgehead atoms. The van der Waals surface area contributed by atoms with Crippen LogP contribution in [0.3, 0.4) is 0 Å². The molecule has 2 rings (SSSR count). The number of nitrogens with zero attached hydrogens (tertiary/aromatic N) is 1. The largest absolute Gasteiger partial charge is 0.319 e. The van der Waals surface area contributed by atoms with Gasteiger partial charge in [0.25, 0.3) is 0 Å². The first kappa shape index (κ1) is 9.21. The molecule has 2 aromatic rings. The summed E-state index contributed by atoms with van der Waals surface area (Å²) in [6.07, 6.45) is 2.03. The second-order valence-corrected chi connectivity index (χ2v) is 4.50. The summed E-state index contributed by atoms with van der Waals surface area (Å²) in [5, 5.41) is 7.72.